The van der Waals surface area contributed by atoms with E-state index in [4.69, 9.17) is 28.3 Å². The molecular weight excluding hydrogens is 316 g/mol. The second kappa shape index (κ2) is 5.18. The van der Waals surface area contributed by atoms with E-state index in [-0.39, 0.29) is 15.9 Å². The third kappa shape index (κ3) is 2.71. The van der Waals surface area contributed by atoms with E-state index in [2.05, 4.69) is 4.98 Å². The molecule has 0 unspecified atom stereocenters. The van der Waals surface area contributed by atoms with E-state index in [1.165, 1.54) is 16.7 Å². The average Bonchev–Trinajstić information content (AvgIpc) is 2.65. The van der Waals surface area contributed by atoms with Gasteiger partial charge in [-0.25, -0.2) is 4.98 Å². The summed E-state index contributed by atoms with van der Waals surface area (Å²) in [4.78, 5) is 4.02. The number of imidazole rings is 1. The minimum atomic E-state index is -4.81. The summed E-state index contributed by atoms with van der Waals surface area (Å²) in [6, 6.07) is 2.99. The number of aliphatic hydroxyl groups is 1. The molecule has 0 bridgehead atoms. The van der Waals surface area contributed by atoms with Crippen LogP contribution in [0.5, 0.6) is 0 Å². The molecule has 3 nitrogen and oxygen atoms in total. The number of hydrogen-bond acceptors (Lipinski definition) is 2. The topological polar surface area (TPSA) is 38.0 Å². The van der Waals surface area contributed by atoms with Crippen LogP contribution in [0.1, 0.15) is 12.7 Å². The molecule has 0 fully saturated rings. The quantitative estimate of drug-likeness (QED) is 0.804. The lowest BCUT2D eigenvalue weighted by Crippen LogP contribution is -2.11. The van der Waals surface area contributed by atoms with Gasteiger partial charge in [0.2, 0.25) is 5.76 Å². The SMILES string of the molecule is CCn1c(/C=C(\O)C(F)(F)F)nc2cc(Cl)c(Cl)cc21. The Bertz CT molecular complexity index is 692. The van der Waals surface area contributed by atoms with Gasteiger partial charge in [0.15, 0.2) is 0 Å². The van der Waals surface area contributed by atoms with Crippen molar-refractivity contribution in [2.75, 3.05) is 0 Å². The van der Waals surface area contributed by atoms with Gasteiger partial charge in [0, 0.05) is 12.6 Å². The van der Waals surface area contributed by atoms with E-state index >= 15 is 0 Å². The standard InChI is InChI=1S/C12H9Cl2F3N2O/c1-2-19-9-4-7(14)6(13)3-8(9)18-11(19)5-10(20)12(15,16)17/h3-5,20H,2H2,1H3/b10-5-. The first-order valence-electron chi connectivity index (χ1n) is 5.57. The molecule has 8 heteroatoms. The number of aromatic nitrogens is 2. The third-order valence-corrected chi connectivity index (χ3v) is 3.41. The van der Waals surface area contributed by atoms with Gasteiger partial charge < -0.3 is 9.67 Å². The van der Waals surface area contributed by atoms with Crippen molar-refractivity contribution in [2.45, 2.75) is 19.6 Å². The molecule has 2 aromatic rings. The smallest absolute Gasteiger partial charge is 0.448 e. The molecule has 0 spiro atoms. The minimum Gasteiger partial charge on any atom is -0.504 e. The number of aryl methyl sites for hydroxylation is 1. The summed E-state index contributed by atoms with van der Waals surface area (Å²) in [7, 11) is 0. The molecule has 0 aliphatic rings. The zero-order valence-corrected chi connectivity index (χ0v) is 11.7. The third-order valence-electron chi connectivity index (χ3n) is 2.69. The van der Waals surface area contributed by atoms with Gasteiger partial charge in [0.25, 0.3) is 0 Å². The van der Waals surface area contributed by atoms with Crippen molar-refractivity contribution in [1.29, 1.82) is 0 Å². The summed E-state index contributed by atoms with van der Waals surface area (Å²) in [5.41, 5.74) is 0.950. The Kier molecular flexibility index (Phi) is 3.88. The van der Waals surface area contributed by atoms with E-state index in [0.717, 1.165) is 0 Å². The number of benzene rings is 1. The zero-order valence-electron chi connectivity index (χ0n) is 10.2. The van der Waals surface area contributed by atoms with Crippen LogP contribution in [0.2, 0.25) is 10.0 Å². The van der Waals surface area contributed by atoms with Crippen molar-refractivity contribution in [2.24, 2.45) is 0 Å². The normalized spacial score (nSPS) is 13.2. The molecule has 1 heterocycles. The number of allylic oxidation sites excluding steroid dienone is 1. The highest BCUT2D eigenvalue weighted by atomic mass is 35.5. The number of halogens is 5. The average molecular weight is 325 g/mol. The van der Waals surface area contributed by atoms with Gasteiger partial charge in [-0.15, -0.1) is 0 Å². The highest BCUT2D eigenvalue weighted by Crippen LogP contribution is 2.30. The van der Waals surface area contributed by atoms with Crippen LogP contribution in [-0.2, 0) is 6.54 Å². The van der Waals surface area contributed by atoms with Crippen molar-refractivity contribution in [3.63, 3.8) is 0 Å². The van der Waals surface area contributed by atoms with E-state index in [1.54, 1.807) is 6.92 Å². The minimum absolute atomic E-state index is 0.0179. The Hall–Kier alpha value is -1.40. The highest BCUT2D eigenvalue weighted by Gasteiger charge is 2.34. The monoisotopic (exact) mass is 324 g/mol. The Morgan fingerprint density at radius 3 is 2.50 bits per heavy atom. The van der Waals surface area contributed by atoms with Gasteiger partial charge >= 0.3 is 6.18 Å². The Labute approximate surface area is 122 Å². The van der Waals surface area contributed by atoms with Crippen molar-refractivity contribution < 1.29 is 18.3 Å². The van der Waals surface area contributed by atoms with Crippen LogP contribution < -0.4 is 0 Å². The molecule has 0 amide bonds. The molecule has 0 aliphatic heterocycles. The maximum Gasteiger partial charge on any atom is 0.448 e. The molecular formula is C12H9Cl2F3N2O. The van der Waals surface area contributed by atoms with Gasteiger partial charge in [0.1, 0.15) is 5.82 Å². The number of hydrogen-bond donors (Lipinski definition) is 1. The van der Waals surface area contributed by atoms with Crippen LogP contribution in [0.3, 0.4) is 0 Å². The fourth-order valence-corrected chi connectivity index (χ4v) is 2.10. The fourth-order valence-electron chi connectivity index (χ4n) is 1.79. The summed E-state index contributed by atoms with van der Waals surface area (Å²) in [5.74, 6) is -1.73. The number of alkyl halides is 3. The maximum atomic E-state index is 12.4. The predicted octanol–water partition coefficient (Wildman–Crippen LogP) is 4.82. The van der Waals surface area contributed by atoms with Crippen LogP contribution in [-0.4, -0.2) is 20.8 Å². The van der Waals surface area contributed by atoms with Crippen LogP contribution in [0, 0.1) is 0 Å². The largest absolute Gasteiger partial charge is 0.504 e. The summed E-state index contributed by atoms with van der Waals surface area (Å²) >= 11 is 11.7. The molecule has 0 saturated carbocycles. The predicted molar refractivity (Wildman–Crippen MR) is 72.1 cm³/mol. The molecule has 2 rings (SSSR count). The molecule has 20 heavy (non-hydrogen) atoms. The number of rotatable bonds is 2. The summed E-state index contributed by atoms with van der Waals surface area (Å²) in [6.07, 6.45) is -4.24. The number of nitrogens with zero attached hydrogens (tertiary/aromatic N) is 2. The molecule has 0 aliphatic carbocycles. The number of fused-ring (bicyclic) bond motifs is 1. The summed E-state index contributed by atoms with van der Waals surface area (Å²) in [5, 5.41) is 9.57. The zero-order chi connectivity index (χ0) is 15.1. The second-order valence-electron chi connectivity index (χ2n) is 4.00. The van der Waals surface area contributed by atoms with Crippen molar-refractivity contribution in [3.05, 3.63) is 33.8 Å². The molecule has 1 aromatic heterocycles. The lowest BCUT2D eigenvalue weighted by Gasteiger charge is -2.06. The number of aliphatic hydroxyl groups excluding tert-OH is 1. The van der Waals surface area contributed by atoms with Crippen LogP contribution in [0.4, 0.5) is 13.2 Å². The first kappa shape index (κ1) is 15.0. The molecule has 1 aromatic carbocycles. The molecule has 0 radical (unpaired) electrons. The first-order valence-corrected chi connectivity index (χ1v) is 6.32. The Morgan fingerprint density at radius 2 is 1.95 bits per heavy atom. The van der Waals surface area contributed by atoms with E-state index in [1.807, 2.05) is 0 Å². The van der Waals surface area contributed by atoms with Gasteiger partial charge in [-0.1, -0.05) is 23.2 Å². The first-order chi connectivity index (χ1) is 9.24. The highest BCUT2D eigenvalue weighted by molar-refractivity contribution is 6.42. The van der Waals surface area contributed by atoms with Gasteiger partial charge in [0.05, 0.1) is 21.1 Å². The summed E-state index contributed by atoms with van der Waals surface area (Å²) in [6.45, 7) is 2.11. The molecule has 1 N–H and O–H groups in total. The van der Waals surface area contributed by atoms with Gasteiger partial charge in [-0.05, 0) is 19.1 Å². The maximum absolute atomic E-state index is 12.4. The molecule has 108 valence electrons. The van der Waals surface area contributed by atoms with Crippen LogP contribution in [0.25, 0.3) is 17.1 Å². The van der Waals surface area contributed by atoms with E-state index in [9.17, 15) is 13.2 Å². The molecule has 0 atom stereocenters. The van der Waals surface area contributed by atoms with E-state index in [0.29, 0.717) is 23.7 Å². The Balaban J connectivity index is 2.66. The molecule has 0 saturated heterocycles. The van der Waals surface area contributed by atoms with Gasteiger partial charge in [-0.2, -0.15) is 13.2 Å². The van der Waals surface area contributed by atoms with E-state index < -0.39 is 11.9 Å². The van der Waals surface area contributed by atoms with Crippen LogP contribution >= 0.6 is 23.2 Å². The Morgan fingerprint density at radius 1 is 1.35 bits per heavy atom. The lowest BCUT2D eigenvalue weighted by atomic mass is 10.3. The van der Waals surface area contributed by atoms with Crippen molar-refractivity contribution in [1.82, 2.24) is 9.55 Å². The summed E-state index contributed by atoms with van der Waals surface area (Å²) < 4.78 is 38.6. The second-order valence-corrected chi connectivity index (χ2v) is 4.81. The van der Waals surface area contributed by atoms with Gasteiger partial charge in [-0.3, -0.25) is 0 Å². The lowest BCUT2D eigenvalue weighted by molar-refractivity contribution is -0.119. The van der Waals surface area contributed by atoms with Crippen molar-refractivity contribution in [3.8, 4) is 0 Å². The fraction of sp³-hybridized carbons (Fsp3) is 0.250. The van der Waals surface area contributed by atoms with Crippen LogP contribution in [0.15, 0.2) is 17.9 Å². The van der Waals surface area contributed by atoms with Crippen molar-refractivity contribution >= 4 is 40.3 Å².